The molecule has 0 N–H and O–H groups in total. The van der Waals surface area contributed by atoms with E-state index in [9.17, 15) is 18.0 Å². The van der Waals surface area contributed by atoms with Gasteiger partial charge in [-0.3, -0.25) is 0 Å². The van der Waals surface area contributed by atoms with Gasteiger partial charge in [0.1, 0.15) is 0 Å². The first kappa shape index (κ1) is 12.0. The second kappa shape index (κ2) is 4.89. The molecule has 13 heavy (non-hydrogen) atoms. The smallest absolute Gasteiger partial charge is 0.422 e. The quantitative estimate of drug-likeness (QED) is 0.512. The predicted molar refractivity (Wildman–Crippen MR) is 41.1 cm³/mol. The van der Waals surface area contributed by atoms with Crippen LogP contribution < -0.4 is 0 Å². The number of carbonyl (C=O) groups is 1. The molecule has 0 saturated heterocycles. The molecule has 0 fully saturated rings. The molecule has 0 aliphatic rings. The van der Waals surface area contributed by atoms with Crippen LogP contribution in [0.25, 0.3) is 0 Å². The van der Waals surface area contributed by atoms with Crippen molar-refractivity contribution in [3.8, 4) is 0 Å². The van der Waals surface area contributed by atoms with Crippen LogP contribution in [0.1, 0.15) is 20.3 Å². The molecule has 0 aromatic rings. The van der Waals surface area contributed by atoms with E-state index in [1.54, 1.807) is 13.8 Å². The summed E-state index contributed by atoms with van der Waals surface area (Å²) in [7, 11) is 0. The molecule has 0 aromatic carbocycles. The van der Waals surface area contributed by atoms with Crippen LogP contribution in [0.15, 0.2) is 11.6 Å². The molecule has 0 radical (unpaired) electrons. The zero-order valence-corrected chi connectivity index (χ0v) is 7.44. The minimum Gasteiger partial charge on any atom is -0.453 e. The van der Waals surface area contributed by atoms with E-state index in [1.165, 1.54) is 0 Å². The molecule has 0 unspecified atom stereocenters. The Morgan fingerprint density at radius 3 is 2.38 bits per heavy atom. The molecule has 0 saturated carbocycles. The molecule has 0 aromatic heterocycles. The van der Waals surface area contributed by atoms with Gasteiger partial charge in [0.15, 0.2) is 6.61 Å². The van der Waals surface area contributed by atoms with Gasteiger partial charge in [0.2, 0.25) is 0 Å². The van der Waals surface area contributed by atoms with Crippen LogP contribution in [0, 0.1) is 0 Å². The summed E-state index contributed by atoms with van der Waals surface area (Å²) >= 11 is 0. The van der Waals surface area contributed by atoms with Crippen LogP contribution in [0.3, 0.4) is 0 Å². The lowest BCUT2D eigenvalue weighted by Crippen LogP contribution is -2.19. The highest BCUT2D eigenvalue weighted by atomic mass is 19.4. The Labute approximate surface area is 74.4 Å². The minimum absolute atomic E-state index is 0.612. The molecule has 0 amide bonds. The number of alkyl halides is 3. The second-order valence-electron chi connectivity index (χ2n) is 2.57. The molecule has 0 atom stereocenters. The molecule has 5 heteroatoms. The van der Waals surface area contributed by atoms with Crippen molar-refractivity contribution >= 4 is 5.97 Å². The van der Waals surface area contributed by atoms with Gasteiger partial charge in [-0.2, -0.15) is 13.2 Å². The molecule has 0 rings (SSSR count). The van der Waals surface area contributed by atoms with Crippen molar-refractivity contribution in [2.45, 2.75) is 26.4 Å². The van der Waals surface area contributed by atoms with Crippen molar-refractivity contribution < 1.29 is 22.7 Å². The van der Waals surface area contributed by atoms with Gasteiger partial charge in [0.25, 0.3) is 0 Å². The lowest BCUT2D eigenvalue weighted by Gasteiger charge is -2.05. The fourth-order valence-corrected chi connectivity index (χ4v) is 0.498. The van der Waals surface area contributed by atoms with Gasteiger partial charge in [0.05, 0.1) is 0 Å². The average molecular weight is 196 g/mol. The molecule has 0 aliphatic carbocycles. The molecule has 0 spiro atoms. The van der Waals surface area contributed by atoms with Crippen LogP contribution in [0.4, 0.5) is 13.2 Å². The van der Waals surface area contributed by atoms with Crippen molar-refractivity contribution in [1.29, 1.82) is 0 Å². The third-order valence-corrected chi connectivity index (χ3v) is 1.30. The summed E-state index contributed by atoms with van der Waals surface area (Å²) in [5, 5.41) is 0. The van der Waals surface area contributed by atoms with E-state index >= 15 is 0 Å². The first-order valence-electron chi connectivity index (χ1n) is 3.76. The van der Waals surface area contributed by atoms with Crippen LogP contribution in [0.2, 0.25) is 0 Å². The average Bonchev–Trinajstić information content (AvgIpc) is 1.99. The van der Waals surface area contributed by atoms with Crippen molar-refractivity contribution in [2.24, 2.45) is 0 Å². The number of ether oxygens (including phenoxy) is 1. The number of halogens is 3. The van der Waals surface area contributed by atoms with Gasteiger partial charge in [-0.25, -0.2) is 4.79 Å². The van der Waals surface area contributed by atoms with E-state index in [2.05, 4.69) is 4.74 Å². The summed E-state index contributed by atoms with van der Waals surface area (Å²) in [5.74, 6) is -0.948. The van der Waals surface area contributed by atoms with Crippen LogP contribution in [-0.2, 0) is 9.53 Å². The number of hydrogen-bond acceptors (Lipinski definition) is 2. The number of esters is 1. The lowest BCUT2D eigenvalue weighted by molar-refractivity contribution is -0.182. The van der Waals surface area contributed by atoms with Gasteiger partial charge < -0.3 is 4.74 Å². The zero-order chi connectivity index (χ0) is 10.5. The maximum absolute atomic E-state index is 11.5. The summed E-state index contributed by atoms with van der Waals surface area (Å²) in [4.78, 5) is 10.7. The van der Waals surface area contributed by atoms with Gasteiger partial charge >= 0.3 is 12.1 Å². The lowest BCUT2D eigenvalue weighted by atomic mass is 10.2. The predicted octanol–water partition coefficient (Wildman–Crippen LogP) is 2.45. The van der Waals surface area contributed by atoms with Crippen molar-refractivity contribution in [3.05, 3.63) is 11.6 Å². The fourth-order valence-electron chi connectivity index (χ4n) is 0.498. The topological polar surface area (TPSA) is 26.3 Å². The number of carbonyl (C=O) groups excluding carboxylic acids is 1. The van der Waals surface area contributed by atoms with Crippen LogP contribution in [0.5, 0.6) is 0 Å². The SMILES string of the molecule is CC/C(C)=C/C(=O)OCC(F)(F)F. The normalized spacial score (nSPS) is 12.8. The fraction of sp³-hybridized carbons (Fsp3) is 0.625. The molecule has 0 heterocycles. The highest BCUT2D eigenvalue weighted by Crippen LogP contribution is 2.14. The third-order valence-electron chi connectivity index (χ3n) is 1.30. The Bertz CT molecular complexity index is 206. The number of allylic oxidation sites excluding steroid dienone is 1. The molecule has 76 valence electrons. The van der Waals surface area contributed by atoms with Gasteiger partial charge in [-0.05, 0) is 13.3 Å². The highest BCUT2D eigenvalue weighted by molar-refractivity contribution is 5.82. The van der Waals surface area contributed by atoms with Crippen molar-refractivity contribution in [1.82, 2.24) is 0 Å². The first-order chi connectivity index (χ1) is 5.85. The monoisotopic (exact) mass is 196 g/mol. The van der Waals surface area contributed by atoms with E-state index in [0.717, 1.165) is 6.08 Å². The molecule has 0 bridgehead atoms. The summed E-state index contributed by atoms with van der Waals surface area (Å²) in [5.41, 5.74) is 0.687. The number of hydrogen-bond donors (Lipinski definition) is 0. The van der Waals surface area contributed by atoms with E-state index < -0.39 is 18.8 Å². The standard InChI is InChI=1S/C8H11F3O2/c1-3-6(2)4-7(12)13-5-8(9,10)11/h4H,3,5H2,1-2H3/b6-4+. The number of rotatable bonds is 3. The summed E-state index contributed by atoms with van der Waals surface area (Å²) in [6.45, 7) is 1.91. The van der Waals surface area contributed by atoms with Crippen LogP contribution in [-0.4, -0.2) is 18.8 Å². The summed E-state index contributed by atoms with van der Waals surface area (Å²) in [6.07, 6.45) is -2.78. The molecular formula is C8H11F3O2. The zero-order valence-electron chi connectivity index (χ0n) is 7.44. The summed E-state index contributed by atoms with van der Waals surface area (Å²) in [6, 6.07) is 0. The second-order valence-corrected chi connectivity index (χ2v) is 2.57. The summed E-state index contributed by atoms with van der Waals surface area (Å²) < 4.78 is 38.6. The molecular weight excluding hydrogens is 185 g/mol. The Morgan fingerprint density at radius 2 is 2.00 bits per heavy atom. The molecule has 0 aliphatic heterocycles. The Kier molecular flexibility index (Phi) is 4.51. The largest absolute Gasteiger partial charge is 0.453 e. The van der Waals surface area contributed by atoms with E-state index in [1.807, 2.05) is 0 Å². The van der Waals surface area contributed by atoms with E-state index in [0.29, 0.717) is 12.0 Å². The van der Waals surface area contributed by atoms with Crippen molar-refractivity contribution in [2.75, 3.05) is 6.61 Å². The van der Waals surface area contributed by atoms with Crippen LogP contribution >= 0.6 is 0 Å². The Balaban J connectivity index is 3.90. The maximum atomic E-state index is 11.5. The highest BCUT2D eigenvalue weighted by Gasteiger charge is 2.29. The Hall–Kier alpha value is -1.00. The Morgan fingerprint density at radius 1 is 1.46 bits per heavy atom. The van der Waals surface area contributed by atoms with Crippen molar-refractivity contribution in [3.63, 3.8) is 0 Å². The van der Waals surface area contributed by atoms with Gasteiger partial charge in [-0.1, -0.05) is 12.5 Å². The maximum Gasteiger partial charge on any atom is 0.422 e. The first-order valence-corrected chi connectivity index (χ1v) is 3.76. The van der Waals surface area contributed by atoms with E-state index in [4.69, 9.17) is 0 Å². The van der Waals surface area contributed by atoms with Gasteiger partial charge in [-0.15, -0.1) is 0 Å². The molecule has 2 nitrogen and oxygen atoms in total. The minimum atomic E-state index is -4.45. The van der Waals surface area contributed by atoms with E-state index in [-0.39, 0.29) is 0 Å². The van der Waals surface area contributed by atoms with Gasteiger partial charge in [0, 0.05) is 6.08 Å². The third kappa shape index (κ3) is 7.36.